The van der Waals surface area contributed by atoms with Gasteiger partial charge >= 0.3 is 81.0 Å². The van der Waals surface area contributed by atoms with Crippen LogP contribution >= 0.6 is 0 Å². The normalized spacial score (nSPS) is 36.1. The first-order valence-corrected chi connectivity index (χ1v) is 9.26. The molecule has 4 aliphatic carbocycles. The topological polar surface area (TPSA) is 83.5 Å². The van der Waals surface area contributed by atoms with Crippen molar-refractivity contribution < 1.29 is 105 Å². The third kappa shape index (κ3) is 4.73. The Hall–Kier alpha value is 1.22. The molecule has 5 nitrogen and oxygen atoms in total. The molecule has 0 aromatic heterocycles. The van der Waals surface area contributed by atoms with Crippen LogP contribution in [0, 0.1) is 23.2 Å². The van der Waals surface area contributed by atoms with Gasteiger partial charge < -0.3 is 9.29 Å². The van der Waals surface area contributed by atoms with Crippen LogP contribution in [0.25, 0.3) is 0 Å². The summed E-state index contributed by atoms with van der Waals surface area (Å²) in [4.78, 5) is 12.4. The van der Waals surface area contributed by atoms with E-state index in [2.05, 4.69) is 4.74 Å². The van der Waals surface area contributed by atoms with Crippen LogP contribution < -0.4 is 68.9 Å². The summed E-state index contributed by atoms with van der Waals surface area (Å²) in [6, 6.07) is 0. The van der Waals surface area contributed by atoms with Crippen LogP contribution in [0.1, 0.15) is 38.5 Å². The minimum Gasteiger partial charge on any atom is -0.748 e. The van der Waals surface area contributed by atoms with Crippen molar-refractivity contribution in [1.29, 1.82) is 0 Å². The molecule has 0 aliphatic heterocycles. The van der Waals surface area contributed by atoms with Crippen molar-refractivity contribution in [3.8, 4) is 0 Å². The molecule has 0 N–H and O–H groups in total. The second-order valence-corrected chi connectivity index (χ2v) is 8.81. The molecule has 4 saturated carbocycles. The molecule has 0 radical (unpaired) electrons. The molecule has 4 aliphatic rings. The molecule has 0 aromatic carbocycles. The summed E-state index contributed by atoms with van der Waals surface area (Å²) in [5.74, 6) is -1.75. The van der Waals surface area contributed by atoms with E-state index in [1.54, 1.807) is 0 Å². The summed E-state index contributed by atoms with van der Waals surface area (Å²) >= 11 is 0. The maximum atomic E-state index is 12.9. The number of rotatable bonds is 4. The molecule has 132 valence electrons. The summed E-state index contributed by atoms with van der Waals surface area (Å²) in [6.07, 6.45) is -3.43. The summed E-state index contributed by atoms with van der Waals surface area (Å²) in [5, 5.41) is 0. The van der Waals surface area contributed by atoms with E-state index in [1.807, 2.05) is 0 Å². The van der Waals surface area contributed by atoms with Crippen LogP contribution in [0.5, 0.6) is 0 Å². The van der Waals surface area contributed by atoms with Gasteiger partial charge in [0.2, 0.25) is 6.10 Å². The summed E-state index contributed by atoms with van der Waals surface area (Å²) in [7, 11) is -5.16. The van der Waals surface area contributed by atoms with Gasteiger partial charge in [-0.1, -0.05) is 0 Å². The van der Waals surface area contributed by atoms with Crippen molar-refractivity contribution in [3.63, 3.8) is 0 Å². The number of carbonyl (C=O) groups excluding carboxylic acids is 1. The van der Waals surface area contributed by atoms with Gasteiger partial charge in [0.15, 0.2) is 0 Å². The summed E-state index contributed by atoms with van der Waals surface area (Å²) in [5.41, 5.74) is -0.926. The number of ether oxygens (including phenoxy) is 1. The Morgan fingerprint density at radius 1 is 1.12 bits per heavy atom. The molecule has 0 saturated heterocycles. The minimum atomic E-state index is -5.16. The van der Waals surface area contributed by atoms with E-state index in [-0.39, 0.29) is 68.9 Å². The third-order valence-electron chi connectivity index (χ3n) is 5.44. The number of hydrogen-bond acceptors (Lipinski definition) is 5. The molecule has 4 rings (SSSR count). The first-order chi connectivity index (χ1) is 10.5. The zero-order chi connectivity index (χ0) is 17.0. The van der Waals surface area contributed by atoms with Crippen molar-refractivity contribution >= 4 is 16.1 Å². The Bertz CT molecular complexity index is 569. The SMILES string of the molecule is O=C(OC(CS(=O)(=O)[O-])C(F)(F)F)C12CC3CC(CC(C3)C1)C2.[Cs+]. The van der Waals surface area contributed by atoms with Gasteiger partial charge in [-0.3, -0.25) is 4.79 Å². The smallest absolute Gasteiger partial charge is 0.748 e. The first kappa shape index (κ1) is 21.5. The number of carbonyl (C=O) groups is 1. The predicted molar refractivity (Wildman–Crippen MR) is 71.1 cm³/mol. The molecule has 0 heterocycles. The molecule has 10 heteroatoms. The van der Waals surface area contributed by atoms with E-state index >= 15 is 0 Å². The Morgan fingerprint density at radius 3 is 1.88 bits per heavy atom. The van der Waals surface area contributed by atoms with Gasteiger partial charge in [-0.15, -0.1) is 0 Å². The average Bonchev–Trinajstić information content (AvgIpc) is 2.33. The molecule has 0 spiro atoms. The van der Waals surface area contributed by atoms with Gasteiger partial charge in [0.1, 0.15) is 0 Å². The molecular weight excluding hydrogens is 470 g/mol. The molecule has 1 unspecified atom stereocenters. The standard InChI is InChI=1S/C14H19F3O5S.Cs/c15-14(16,17)11(7-23(19,20)21)22-12(18)13-4-8-1-9(5-13)3-10(2-8)6-13;/h8-11H,1-7H2,(H,19,20,21);/q;+1/p-1. The van der Waals surface area contributed by atoms with Crippen molar-refractivity contribution in [2.24, 2.45) is 23.2 Å². The maximum Gasteiger partial charge on any atom is 1.00 e. The van der Waals surface area contributed by atoms with E-state index < -0.39 is 39.5 Å². The Kier molecular flexibility index (Phi) is 6.57. The van der Waals surface area contributed by atoms with Gasteiger partial charge in [-0.25, -0.2) is 8.42 Å². The zero-order valence-corrected chi connectivity index (χ0v) is 20.4. The Labute approximate surface area is 197 Å². The molecular formula is C14H18CsF3O5S. The fourth-order valence-electron chi connectivity index (χ4n) is 5.00. The van der Waals surface area contributed by atoms with Crippen LogP contribution in [-0.2, 0) is 19.6 Å². The van der Waals surface area contributed by atoms with Crippen LogP contribution in [0.4, 0.5) is 13.2 Å². The van der Waals surface area contributed by atoms with Crippen molar-refractivity contribution in [3.05, 3.63) is 0 Å². The number of esters is 1. The molecule has 1 atom stereocenters. The third-order valence-corrected chi connectivity index (χ3v) is 6.15. The van der Waals surface area contributed by atoms with Gasteiger partial charge in [0, 0.05) is 0 Å². The van der Waals surface area contributed by atoms with E-state index in [9.17, 15) is 30.9 Å². The Morgan fingerprint density at radius 2 is 1.54 bits per heavy atom. The number of halogens is 3. The van der Waals surface area contributed by atoms with Crippen LogP contribution in [0.15, 0.2) is 0 Å². The summed E-state index contributed by atoms with van der Waals surface area (Å²) < 4.78 is 75.3. The van der Waals surface area contributed by atoms with E-state index in [0.29, 0.717) is 37.0 Å². The van der Waals surface area contributed by atoms with Crippen molar-refractivity contribution in [2.75, 3.05) is 5.75 Å². The molecule has 0 aromatic rings. The predicted octanol–water partition coefficient (Wildman–Crippen LogP) is -0.774. The second kappa shape index (κ2) is 7.33. The van der Waals surface area contributed by atoms with Crippen molar-refractivity contribution in [2.45, 2.75) is 50.8 Å². The average molecular weight is 488 g/mol. The first-order valence-electron chi connectivity index (χ1n) is 7.68. The van der Waals surface area contributed by atoms with Crippen molar-refractivity contribution in [1.82, 2.24) is 0 Å². The molecule has 4 bridgehead atoms. The van der Waals surface area contributed by atoms with Gasteiger partial charge in [-0.2, -0.15) is 13.2 Å². The van der Waals surface area contributed by atoms with Crippen LogP contribution in [0.3, 0.4) is 0 Å². The summed E-state index contributed by atoms with van der Waals surface area (Å²) in [6.45, 7) is 0. The maximum absolute atomic E-state index is 12.9. The minimum absolute atomic E-state index is 0. The van der Waals surface area contributed by atoms with Gasteiger partial charge in [0.05, 0.1) is 21.3 Å². The van der Waals surface area contributed by atoms with Crippen LogP contribution in [-0.4, -0.2) is 37.0 Å². The van der Waals surface area contributed by atoms with E-state index in [0.717, 1.165) is 19.3 Å². The van der Waals surface area contributed by atoms with E-state index in [1.165, 1.54) is 0 Å². The van der Waals surface area contributed by atoms with Crippen LogP contribution in [0.2, 0.25) is 0 Å². The number of hydrogen-bond donors (Lipinski definition) is 0. The molecule has 0 amide bonds. The fourth-order valence-corrected chi connectivity index (χ4v) is 5.62. The van der Waals surface area contributed by atoms with E-state index in [4.69, 9.17) is 0 Å². The Balaban J connectivity index is 0.00000208. The monoisotopic (exact) mass is 488 g/mol. The number of alkyl halides is 3. The fraction of sp³-hybridized carbons (Fsp3) is 0.929. The van der Waals surface area contributed by atoms with Gasteiger partial charge in [-0.05, 0) is 56.3 Å². The molecule has 24 heavy (non-hydrogen) atoms. The molecule has 4 fully saturated rings. The largest absolute Gasteiger partial charge is 1.00 e. The van der Waals surface area contributed by atoms with Gasteiger partial charge in [0.25, 0.3) is 0 Å². The zero-order valence-electron chi connectivity index (χ0n) is 13.3. The quantitative estimate of drug-likeness (QED) is 0.384. The second-order valence-electron chi connectivity index (χ2n) is 7.36.